The Kier molecular flexibility index (Phi) is 4.95. The molecular formula is C17H25N3O2. The van der Waals surface area contributed by atoms with Crippen LogP contribution < -0.4 is 0 Å². The maximum absolute atomic E-state index is 12.1. The van der Waals surface area contributed by atoms with Crippen LogP contribution in [-0.4, -0.2) is 73.2 Å². The van der Waals surface area contributed by atoms with Crippen LogP contribution in [0.15, 0.2) is 30.3 Å². The van der Waals surface area contributed by atoms with Crippen molar-refractivity contribution in [2.75, 3.05) is 46.3 Å². The number of amides is 1. The van der Waals surface area contributed by atoms with Gasteiger partial charge in [0.05, 0.1) is 0 Å². The van der Waals surface area contributed by atoms with E-state index in [1.165, 1.54) is 13.0 Å². The van der Waals surface area contributed by atoms with Gasteiger partial charge in [0, 0.05) is 38.8 Å². The Morgan fingerprint density at radius 3 is 2.50 bits per heavy atom. The van der Waals surface area contributed by atoms with Crippen LogP contribution in [0.4, 0.5) is 4.79 Å². The second kappa shape index (κ2) is 7.11. The average molecular weight is 303 g/mol. The first kappa shape index (κ1) is 15.3. The number of benzene rings is 1. The highest BCUT2D eigenvalue weighted by Gasteiger charge is 2.30. The molecule has 120 valence electrons. The number of rotatable bonds is 3. The largest absolute Gasteiger partial charge is 0.445 e. The first-order valence-corrected chi connectivity index (χ1v) is 8.10. The Balaban J connectivity index is 1.42. The molecule has 2 fully saturated rings. The van der Waals surface area contributed by atoms with Crippen LogP contribution in [-0.2, 0) is 11.3 Å². The van der Waals surface area contributed by atoms with Crippen molar-refractivity contribution in [1.82, 2.24) is 14.7 Å². The number of hydrogen-bond acceptors (Lipinski definition) is 4. The third kappa shape index (κ3) is 3.78. The molecule has 22 heavy (non-hydrogen) atoms. The Bertz CT molecular complexity index is 486. The predicted octanol–water partition coefficient (Wildman–Crippen LogP) is 1.64. The fourth-order valence-corrected chi connectivity index (χ4v) is 3.29. The predicted molar refractivity (Wildman–Crippen MR) is 85.7 cm³/mol. The van der Waals surface area contributed by atoms with Crippen LogP contribution in [0.2, 0.25) is 0 Å². The van der Waals surface area contributed by atoms with Crippen molar-refractivity contribution in [3.05, 3.63) is 35.9 Å². The van der Waals surface area contributed by atoms with Crippen molar-refractivity contribution in [2.45, 2.75) is 19.1 Å². The van der Waals surface area contributed by atoms with Gasteiger partial charge in [0.15, 0.2) is 0 Å². The van der Waals surface area contributed by atoms with Gasteiger partial charge in [-0.25, -0.2) is 4.79 Å². The second-order valence-electron chi connectivity index (χ2n) is 6.27. The van der Waals surface area contributed by atoms with Crippen LogP contribution in [0.3, 0.4) is 0 Å². The number of likely N-dealkylation sites (tertiary alicyclic amines) is 1. The minimum absolute atomic E-state index is 0.188. The molecule has 2 saturated heterocycles. The molecule has 1 amide bonds. The van der Waals surface area contributed by atoms with Crippen molar-refractivity contribution in [2.24, 2.45) is 0 Å². The third-order valence-electron chi connectivity index (χ3n) is 4.66. The maximum Gasteiger partial charge on any atom is 0.410 e. The molecule has 2 aliphatic heterocycles. The number of carbonyl (C=O) groups is 1. The van der Waals surface area contributed by atoms with Crippen molar-refractivity contribution < 1.29 is 9.53 Å². The van der Waals surface area contributed by atoms with Gasteiger partial charge in [0.25, 0.3) is 0 Å². The van der Waals surface area contributed by atoms with E-state index in [9.17, 15) is 4.79 Å². The highest BCUT2D eigenvalue weighted by atomic mass is 16.6. The smallest absolute Gasteiger partial charge is 0.410 e. The lowest BCUT2D eigenvalue weighted by molar-refractivity contribution is 0.0610. The summed E-state index contributed by atoms with van der Waals surface area (Å²) in [7, 11) is 2.18. The molecule has 5 nitrogen and oxygen atoms in total. The van der Waals surface area contributed by atoms with E-state index in [1.54, 1.807) is 0 Å². The molecule has 1 unspecified atom stereocenters. The van der Waals surface area contributed by atoms with Gasteiger partial charge in [0.2, 0.25) is 0 Å². The van der Waals surface area contributed by atoms with Crippen LogP contribution in [0, 0.1) is 0 Å². The summed E-state index contributed by atoms with van der Waals surface area (Å²) in [6.07, 6.45) is 1.06. The summed E-state index contributed by atoms with van der Waals surface area (Å²) in [6.45, 7) is 6.15. The zero-order valence-corrected chi connectivity index (χ0v) is 13.3. The number of nitrogens with zero attached hydrogens (tertiary/aromatic N) is 3. The van der Waals surface area contributed by atoms with E-state index < -0.39 is 0 Å². The molecule has 0 spiro atoms. The SMILES string of the molecule is CN1CCC(N2CCN(C(=O)OCc3ccccc3)CC2)C1. The van der Waals surface area contributed by atoms with Gasteiger partial charge in [-0.1, -0.05) is 30.3 Å². The summed E-state index contributed by atoms with van der Waals surface area (Å²) in [5.74, 6) is 0. The fraction of sp³-hybridized carbons (Fsp3) is 0.588. The van der Waals surface area contributed by atoms with Gasteiger partial charge in [-0.3, -0.25) is 4.90 Å². The van der Waals surface area contributed by atoms with Gasteiger partial charge in [-0.05, 0) is 25.6 Å². The van der Waals surface area contributed by atoms with E-state index in [1.807, 2.05) is 35.2 Å². The Labute approximate surface area is 132 Å². The standard InChI is InChI=1S/C17H25N3O2/c1-18-8-7-16(13-18)19-9-11-20(12-10-19)17(21)22-14-15-5-3-2-4-6-15/h2-6,16H,7-14H2,1H3. The van der Waals surface area contributed by atoms with Gasteiger partial charge >= 0.3 is 6.09 Å². The lowest BCUT2D eigenvalue weighted by atomic mass is 10.2. The molecule has 0 radical (unpaired) electrons. The summed E-state index contributed by atoms with van der Waals surface area (Å²) in [6, 6.07) is 10.5. The fourth-order valence-electron chi connectivity index (χ4n) is 3.29. The summed E-state index contributed by atoms with van der Waals surface area (Å²) in [5, 5.41) is 0. The number of hydrogen-bond donors (Lipinski definition) is 0. The van der Waals surface area contributed by atoms with E-state index in [0.29, 0.717) is 12.6 Å². The van der Waals surface area contributed by atoms with Crippen LogP contribution >= 0.6 is 0 Å². The monoisotopic (exact) mass is 303 g/mol. The van der Waals surface area contributed by atoms with Gasteiger partial charge in [-0.15, -0.1) is 0 Å². The molecule has 0 aromatic heterocycles. The number of piperazine rings is 1. The van der Waals surface area contributed by atoms with Gasteiger partial charge < -0.3 is 14.5 Å². The lowest BCUT2D eigenvalue weighted by Gasteiger charge is -2.37. The van der Waals surface area contributed by atoms with Crippen molar-refractivity contribution in [1.29, 1.82) is 0 Å². The van der Waals surface area contributed by atoms with Gasteiger partial charge in [-0.2, -0.15) is 0 Å². The van der Waals surface area contributed by atoms with Crippen LogP contribution in [0.1, 0.15) is 12.0 Å². The summed E-state index contributed by atoms with van der Waals surface area (Å²) < 4.78 is 5.41. The molecule has 1 aromatic carbocycles. The molecule has 2 aliphatic rings. The molecule has 0 saturated carbocycles. The van der Waals surface area contributed by atoms with Crippen LogP contribution in [0.5, 0.6) is 0 Å². The first-order chi connectivity index (χ1) is 10.7. The first-order valence-electron chi connectivity index (χ1n) is 8.10. The highest BCUT2D eigenvalue weighted by Crippen LogP contribution is 2.16. The average Bonchev–Trinajstić information content (AvgIpc) is 3.00. The molecule has 3 rings (SSSR count). The second-order valence-corrected chi connectivity index (χ2v) is 6.27. The molecule has 5 heteroatoms. The topological polar surface area (TPSA) is 36.0 Å². The number of ether oxygens (including phenoxy) is 1. The summed E-state index contributed by atoms with van der Waals surface area (Å²) in [4.78, 5) is 18.9. The summed E-state index contributed by atoms with van der Waals surface area (Å²) >= 11 is 0. The minimum atomic E-state index is -0.188. The molecule has 2 heterocycles. The molecule has 1 aromatic rings. The highest BCUT2D eigenvalue weighted by molar-refractivity contribution is 5.67. The normalized spacial score (nSPS) is 23.7. The van der Waals surface area contributed by atoms with Crippen LogP contribution in [0.25, 0.3) is 0 Å². The van der Waals surface area contributed by atoms with E-state index >= 15 is 0 Å². The lowest BCUT2D eigenvalue weighted by Crippen LogP contribution is -2.52. The minimum Gasteiger partial charge on any atom is -0.445 e. The zero-order chi connectivity index (χ0) is 15.4. The number of likely N-dealkylation sites (N-methyl/N-ethyl adjacent to an activating group) is 1. The van der Waals surface area contributed by atoms with Crippen molar-refractivity contribution in [3.63, 3.8) is 0 Å². The van der Waals surface area contributed by atoms with E-state index in [2.05, 4.69) is 16.8 Å². The van der Waals surface area contributed by atoms with E-state index in [-0.39, 0.29) is 6.09 Å². The number of carbonyl (C=O) groups excluding carboxylic acids is 1. The maximum atomic E-state index is 12.1. The quantitative estimate of drug-likeness (QED) is 0.850. The molecular weight excluding hydrogens is 278 g/mol. The van der Waals surface area contributed by atoms with Crippen molar-refractivity contribution in [3.8, 4) is 0 Å². The Hall–Kier alpha value is -1.59. The van der Waals surface area contributed by atoms with Crippen molar-refractivity contribution >= 4 is 6.09 Å². The molecule has 0 bridgehead atoms. The Morgan fingerprint density at radius 2 is 1.86 bits per heavy atom. The third-order valence-corrected chi connectivity index (χ3v) is 4.66. The summed E-state index contributed by atoms with van der Waals surface area (Å²) in [5.41, 5.74) is 1.03. The molecule has 0 N–H and O–H groups in total. The zero-order valence-electron chi connectivity index (χ0n) is 13.3. The molecule has 0 aliphatic carbocycles. The Morgan fingerprint density at radius 1 is 1.14 bits per heavy atom. The molecule has 1 atom stereocenters. The van der Waals surface area contributed by atoms with E-state index in [4.69, 9.17) is 4.74 Å². The van der Waals surface area contributed by atoms with Gasteiger partial charge in [0.1, 0.15) is 6.61 Å². The van der Waals surface area contributed by atoms with E-state index in [0.717, 1.165) is 38.3 Å².